The van der Waals surface area contributed by atoms with Crippen LogP contribution in [0.25, 0.3) is 0 Å². The summed E-state index contributed by atoms with van der Waals surface area (Å²) in [7, 11) is 0. The van der Waals surface area contributed by atoms with Crippen LogP contribution in [0, 0.1) is 0 Å². The predicted octanol–water partition coefficient (Wildman–Crippen LogP) is 5.30. The molecule has 1 aromatic rings. The number of benzene rings is 1. The molecule has 0 aliphatic carbocycles. The van der Waals surface area contributed by atoms with Crippen molar-refractivity contribution >= 4 is 12.1 Å². The van der Waals surface area contributed by atoms with Gasteiger partial charge in [-0.05, 0) is 85.0 Å². The van der Waals surface area contributed by atoms with Crippen LogP contribution in [-0.4, -0.2) is 65.8 Å². The number of hydrogen-bond donors (Lipinski definition) is 0. The van der Waals surface area contributed by atoms with Crippen LogP contribution >= 0.6 is 0 Å². The third-order valence-electron chi connectivity index (χ3n) is 5.85. The maximum Gasteiger partial charge on any atom is 0.410 e. The smallest absolute Gasteiger partial charge is 0.410 e. The van der Waals surface area contributed by atoms with Gasteiger partial charge in [-0.15, -0.1) is 0 Å². The third kappa shape index (κ3) is 8.45. The second-order valence-electron chi connectivity index (χ2n) is 9.90. The van der Waals surface area contributed by atoms with Gasteiger partial charge in [0.05, 0.1) is 12.2 Å². The van der Waals surface area contributed by atoms with Gasteiger partial charge < -0.3 is 14.4 Å². The molecule has 6 heteroatoms. The molecule has 1 amide bonds. The molecule has 1 fully saturated rings. The second-order valence-corrected chi connectivity index (χ2v) is 9.90. The van der Waals surface area contributed by atoms with Gasteiger partial charge in [0.25, 0.3) is 0 Å². The molecule has 1 aliphatic rings. The van der Waals surface area contributed by atoms with Gasteiger partial charge in [0.1, 0.15) is 5.60 Å². The first kappa shape index (κ1) is 26.2. The van der Waals surface area contributed by atoms with E-state index in [0.717, 1.165) is 32.5 Å². The Hall–Kier alpha value is -2.08. The summed E-state index contributed by atoms with van der Waals surface area (Å²) in [6, 6.07) is 8.44. The van der Waals surface area contributed by atoms with E-state index in [1.165, 1.54) is 24.8 Å². The number of piperazine rings is 1. The molecule has 1 saturated heterocycles. The maximum atomic E-state index is 12.4. The number of carbonyl (C=O) groups is 2. The Labute approximate surface area is 194 Å². The number of nitrogens with zero attached hydrogens (tertiary/aromatic N) is 2. The first-order valence-electron chi connectivity index (χ1n) is 12.1. The van der Waals surface area contributed by atoms with Gasteiger partial charge in [-0.25, -0.2) is 9.59 Å². The molecular formula is C26H42N2O4. The predicted molar refractivity (Wildman–Crippen MR) is 128 cm³/mol. The van der Waals surface area contributed by atoms with E-state index < -0.39 is 5.60 Å². The van der Waals surface area contributed by atoms with Crippen molar-refractivity contribution in [2.45, 2.75) is 91.3 Å². The normalized spacial score (nSPS) is 19.6. The number of hydrogen-bond acceptors (Lipinski definition) is 5. The van der Waals surface area contributed by atoms with Crippen molar-refractivity contribution in [1.82, 2.24) is 9.80 Å². The van der Waals surface area contributed by atoms with Crippen LogP contribution in [0.5, 0.6) is 0 Å². The third-order valence-corrected chi connectivity index (χ3v) is 5.85. The van der Waals surface area contributed by atoms with Crippen LogP contribution in [0.2, 0.25) is 0 Å². The van der Waals surface area contributed by atoms with E-state index in [4.69, 9.17) is 9.47 Å². The van der Waals surface area contributed by atoms with E-state index in [1.54, 1.807) is 0 Å². The Balaban J connectivity index is 1.65. The Bertz CT molecular complexity index is 714. The zero-order valence-corrected chi connectivity index (χ0v) is 20.9. The van der Waals surface area contributed by atoms with Crippen LogP contribution in [0.4, 0.5) is 4.79 Å². The Morgan fingerprint density at radius 3 is 2.12 bits per heavy atom. The molecule has 0 N–H and O–H groups in total. The highest BCUT2D eigenvalue weighted by Gasteiger charge is 2.33. The summed E-state index contributed by atoms with van der Waals surface area (Å²) in [6.45, 7) is 14.9. The van der Waals surface area contributed by atoms with E-state index >= 15 is 0 Å². The summed E-state index contributed by atoms with van der Waals surface area (Å²) in [5.41, 5.74) is 1.42. The fourth-order valence-electron chi connectivity index (χ4n) is 4.27. The molecule has 1 heterocycles. The fourth-order valence-corrected chi connectivity index (χ4v) is 4.27. The molecule has 1 aliphatic heterocycles. The lowest BCUT2D eigenvalue weighted by Gasteiger charge is -2.44. The number of carbonyl (C=O) groups excluding carboxylic acids is 2. The average Bonchev–Trinajstić information content (AvgIpc) is 2.71. The standard InChI is InChI=1S/C26H42N2O4/c1-7-31-24(29)23-15-13-22(14-16-23)12-10-8-9-11-17-28-20(2)18-27(19-21(28)3)25(30)32-26(4,5)6/h13-16,20-21H,7-12,17-19H2,1-6H3/t20-,21+. The number of unbranched alkanes of at least 4 members (excludes halogenated alkanes) is 3. The first-order chi connectivity index (χ1) is 15.1. The van der Waals surface area contributed by atoms with Crippen molar-refractivity contribution < 1.29 is 19.1 Å². The monoisotopic (exact) mass is 446 g/mol. The van der Waals surface area contributed by atoms with Gasteiger partial charge in [-0.2, -0.15) is 0 Å². The van der Waals surface area contributed by atoms with Crippen LogP contribution in [0.15, 0.2) is 24.3 Å². The molecule has 0 saturated carbocycles. The van der Waals surface area contributed by atoms with Crippen molar-refractivity contribution in [1.29, 1.82) is 0 Å². The van der Waals surface area contributed by atoms with Crippen LogP contribution in [0.1, 0.15) is 83.1 Å². The average molecular weight is 447 g/mol. The summed E-state index contributed by atoms with van der Waals surface area (Å²) in [6.07, 6.45) is 5.54. The van der Waals surface area contributed by atoms with Crippen LogP contribution in [-0.2, 0) is 15.9 Å². The minimum atomic E-state index is -0.455. The molecular weight excluding hydrogens is 404 g/mol. The van der Waals surface area contributed by atoms with Gasteiger partial charge in [-0.1, -0.05) is 25.0 Å². The molecule has 0 radical (unpaired) electrons. The fraction of sp³-hybridized carbons (Fsp3) is 0.692. The summed E-state index contributed by atoms with van der Waals surface area (Å²) in [5.74, 6) is -0.255. The molecule has 0 spiro atoms. The van der Waals surface area contributed by atoms with Crippen LogP contribution in [0.3, 0.4) is 0 Å². The molecule has 32 heavy (non-hydrogen) atoms. The lowest BCUT2D eigenvalue weighted by molar-refractivity contribution is -0.00785. The van der Waals surface area contributed by atoms with Crippen molar-refractivity contribution in [3.8, 4) is 0 Å². The summed E-state index contributed by atoms with van der Waals surface area (Å²) in [5, 5.41) is 0. The molecule has 0 aromatic heterocycles. The van der Waals surface area contributed by atoms with Crippen molar-refractivity contribution in [2.75, 3.05) is 26.2 Å². The second kappa shape index (κ2) is 12.2. The van der Waals surface area contributed by atoms with Crippen molar-refractivity contribution in [2.24, 2.45) is 0 Å². The van der Waals surface area contributed by atoms with Crippen molar-refractivity contribution in [3.63, 3.8) is 0 Å². The first-order valence-corrected chi connectivity index (χ1v) is 12.1. The number of ether oxygens (including phenoxy) is 2. The quantitative estimate of drug-likeness (QED) is 0.381. The zero-order valence-electron chi connectivity index (χ0n) is 20.9. The molecule has 6 nitrogen and oxygen atoms in total. The number of amides is 1. The van der Waals surface area contributed by atoms with Gasteiger partial charge in [0, 0.05) is 25.2 Å². The Kier molecular flexibility index (Phi) is 10.0. The Morgan fingerprint density at radius 2 is 1.56 bits per heavy atom. The zero-order chi connectivity index (χ0) is 23.7. The minimum absolute atomic E-state index is 0.203. The number of rotatable bonds is 9. The van der Waals surface area contributed by atoms with Crippen LogP contribution < -0.4 is 0 Å². The molecule has 1 aromatic carbocycles. The lowest BCUT2D eigenvalue weighted by atomic mass is 10.0. The molecule has 180 valence electrons. The van der Waals surface area contributed by atoms with E-state index in [9.17, 15) is 9.59 Å². The van der Waals surface area contributed by atoms with Gasteiger partial charge >= 0.3 is 12.1 Å². The molecule has 0 unspecified atom stereocenters. The van der Waals surface area contributed by atoms with Crippen molar-refractivity contribution in [3.05, 3.63) is 35.4 Å². The van der Waals surface area contributed by atoms with E-state index in [2.05, 4.69) is 18.7 Å². The molecule has 2 rings (SSSR count). The number of aryl methyl sites for hydroxylation is 1. The minimum Gasteiger partial charge on any atom is -0.462 e. The highest BCUT2D eigenvalue weighted by Crippen LogP contribution is 2.20. The van der Waals surface area contributed by atoms with Gasteiger partial charge in [-0.3, -0.25) is 4.90 Å². The summed E-state index contributed by atoms with van der Waals surface area (Å²) in [4.78, 5) is 28.5. The number of esters is 1. The van der Waals surface area contributed by atoms with Gasteiger partial charge in [0.15, 0.2) is 0 Å². The Morgan fingerprint density at radius 1 is 0.969 bits per heavy atom. The molecule has 2 atom stereocenters. The van der Waals surface area contributed by atoms with E-state index in [-0.39, 0.29) is 12.1 Å². The van der Waals surface area contributed by atoms with E-state index in [0.29, 0.717) is 24.3 Å². The summed E-state index contributed by atoms with van der Waals surface area (Å²) >= 11 is 0. The lowest BCUT2D eigenvalue weighted by Crippen LogP contribution is -2.58. The SMILES string of the molecule is CCOC(=O)c1ccc(CCCCCCN2[C@H](C)CN(C(=O)OC(C)(C)C)C[C@@H]2C)cc1. The highest BCUT2D eigenvalue weighted by atomic mass is 16.6. The topological polar surface area (TPSA) is 59.1 Å². The largest absolute Gasteiger partial charge is 0.462 e. The summed E-state index contributed by atoms with van der Waals surface area (Å²) < 4.78 is 10.6. The van der Waals surface area contributed by atoms with E-state index in [1.807, 2.05) is 56.9 Å². The maximum absolute atomic E-state index is 12.4. The van der Waals surface area contributed by atoms with Gasteiger partial charge in [0.2, 0.25) is 0 Å². The highest BCUT2D eigenvalue weighted by molar-refractivity contribution is 5.89. The molecule has 0 bridgehead atoms.